The van der Waals surface area contributed by atoms with Gasteiger partial charge in [0.05, 0.1) is 28.6 Å². The Labute approximate surface area is 407 Å². The minimum absolute atomic E-state index is 0.0626. The van der Waals surface area contributed by atoms with Crippen molar-refractivity contribution in [3.05, 3.63) is 94.9 Å². The Kier molecular flexibility index (Phi) is 17.0. The first-order chi connectivity index (χ1) is 32.3. The molecule has 3 aromatic carbocycles. The number of amides is 4. The predicted molar refractivity (Wildman–Crippen MR) is 261 cm³/mol. The van der Waals surface area contributed by atoms with E-state index in [1.807, 2.05) is 71.1 Å². The van der Waals surface area contributed by atoms with E-state index in [0.29, 0.717) is 63.4 Å². The molecule has 0 bridgehead atoms. The zero-order valence-corrected chi connectivity index (χ0v) is 41.2. The number of hydrogen-bond donors (Lipinski definition) is 2. The number of thiocarbonyl (C=S) groups is 1. The maximum Gasteiger partial charge on any atom is 0.259 e. The van der Waals surface area contributed by atoms with E-state index in [-0.39, 0.29) is 64.9 Å². The van der Waals surface area contributed by atoms with Crippen LogP contribution in [-0.4, -0.2) is 101 Å². The molecule has 68 heavy (non-hydrogen) atoms. The number of anilines is 2. The first-order valence-corrected chi connectivity index (χ1v) is 23.5. The first-order valence-electron chi connectivity index (χ1n) is 22.7. The van der Waals surface area contributed by atoms with Gasteiger partial charge in [-0.3, -0.25) is 28.8 Å². The Morgan fingerprint density at radius 3 is 2.34 bits per heavy atom. The van der Waals surface area contributed by atoms with Crippen LogP contribution in [0.4, 0.5) is 15.8 Å². The van der Waals surface area contributed by atoms with Crippen LogP contribution >= 0.6 is 23.8 Å². The van der Waals surface area contributed by atoms with Crippen molar-refractivity contribution in [1.82, 2.24) is 25.3 Å². The van der Waals surface area contributed by atoms with Gasteiger partial charge in [0.25, 0.3) is 5.91 Å². The quantitative estimate of drug-likeness (QED) is 0.0671. The van der Waals surface area contributed by atoms with Crippen LogP contribution in [0.1, 0.15) is 78.4 Å². The molecule has 0 unspecified atom stereocenters. The van der Waals surface area contributed by atoms with Crippen LogP contribution in [0, 0.1) is 28.5 Å². The lowest BCUT2D eigenvalue weighted by molar-refractivity contribution is -0.144. The number of aromatic nitrogens is 2. The molecular weight excluding hydrogens is 911 g/mol. The summed E-state index contributed by atoms with van der Waals surface area (Å²) < 4.78 is 34.2. The third-order valence-electron chi connectivity index (χ3n) is 12.0. The number of carbonyl (C=O) groups excluding carboxylic acids is 4. The molecule has 2 aliphatic rings. The topological polar surface area (TPSA) is 171 Å². The summed E-state index contributed by atoms with van der Waals surface area (Å²) in [4.78, 5) is 58.6. The van der Waals surface area contributed by atoms with Gasteiger partial charge >= 0.3 is 0 Å². The number of hydrogen-bond acceptors (Lipinski definition) is 10. The van der Waals surface area contributed by atoms with Gasteiger partial charge in [-0.2, -0.15) is 10.4 Å². The van der Waals surface area contributed by atoms with Gasteiger partial charge in [0.2, 0.25) is 17.7 Å². The van der Waals surface area contributed by atoms with Crippen LogP contribution in [0.25, 0.3) is 11.3 Å². The predicted octanol–water partition coefficient (Wildman–Crippen LogP) is 7.33. The van der Waals surface area contributed by atoms with Crippen LogP contribution in [0.2, 0.25) is 5.02 Å². The smallest absolute Gasteiger partial charge is 0.259 e. The van der Waals surface area contributed by atoms with E-state index in [9.17, 15) is 24.4 Å². The molecule has 2 N–H and O–H groups in total. The third-order valence-corrected chi connectivity index (χ3v) is 12.7. The molecule has 2 aliphatic heterocycles. The number of nitrogens with one attached hydrogen (secondary N) is 2. The highest BCUT2D eigenvalue weighted by Gasteiger charge is 2.50. The molecule has 1 aromatic heterocycles. The minimum Gasteiger partial charge on any atom is -0.491 e. The summed E-state index contributed by atoms with van der Waals surface area (Å²) in [5.41, 5.74) is 2.21. The summed E-state index contributed by atoms with van der Waals surface area (Å²) in [6, 6.07) is 19.3. The number of nitrogens with zero attached hydrogens (tertiary/aromatic N) is 6. The van der Waals surface area contributed by atoms with E-state index in [1.165, 1.54) is 29.2 Å². The maximum atomic E-state index is 15.3. The number of benzene rings is 3. The summed E-state index contributed by atoms with van der Waals surface area (Å²) in [6.07, 6.45) is 4.08. The lowest BCUT2D eigenvalue weighted by atomic mass is 9.85. The molecule has 18 heteroatoms. The number of unbranched alkanes of at least 4 members (excludes halogenated alkanes) is 1. The van der Waals surface area contributed by atoms with Gasteiger partial charge < -0.3 is 34.6 Å². The lowest BCUT2D eigenvalue weighted by Gasteiger charge is -2.35. The molecule has 2 fully saturated rings. The molecule has 2 saturated heterocycles. The van der Waals surface area contributed by atoms with Crippen molar-refractivity contribution in [2.24, 2.45) is 18.4 Å². The van der Waals surface area contributed by atoms with Crippen molar-refractivity contribution in [1.29, 1.82) is 5.26 Å². The molecule has 3 atom stereocenters. The molecule has 0 radical (unpaired) electrons. The Morgan fingerprint density at radius 2 is 1.68 bits per heavy atom. The molecule has 4 aromatic rings. The number of aryl methyl sites for hydroxylation is 1. The van der Waals surface area contributed by atoms with Gasteiger partial charge in [-0.05, 0) is 111 Å². The highest BCUT2D eigenvalue weighted by molar-refractivity contribution is 7.81. The molecule has 15 nitrogen and oxygen atoms in total. The minimum atomic E-state index is -1.14. The second kappa shape index (κ2) is 22.5. The molecule has 0 aliphatic carbocycles. The fraction of sp³-hybridized carbons (Fsp3) is 0.460. The monoisotopic (exact) mass is 970 g/mol. The third kappa shape index (κ3) is 12.2. The normalized spacial score (nSPS) is 17.3. The summed E-state index contributed by atoms with van der Waals surface area (Å²) in [7, 11) is 1.88. The van der Waals surface area contributed by atoms with Gasteiger partial charge in [0.1, 0.15) is 30.3 Å². The van der Waals surface area contributed by atoms with E-state index < -0.39 is 34.8 Å². The van der Waals surface area contributed by atoms with Crippen LogP contribution in [0.5, 0.6) is 5.75 Å². The Morgan fingerprint density at radius 1 is 0.985 bits per heavy atom. The van der Waals surface area contributed by atoms with Crippen molar-refractivity contribution in [3.8, 4) is 23.1 Å². The molecule has 4 amide bonds. The highest BCUT2D eigenvalue weighted by Crippen LogP contribution is 2.39. The van der Waals surface area contributed by atoms with Crippen molar-refractivity contribution in [2.75, 3.05) is 49.4 Å². The molecule has 0 spiro atoms. The number of likely N-dealkylation sites (tertiary alicyclic amines) is 1. The second-order valence-corrected chi connectivity index (χ2v) is 19.5. The van der Waals surface area contributed by atoms with Crippen LogP contribution in [0.3, 0.4) is 0 Å². The summed E-state index contributed by atoms with van der Waals surface area (Å²) >= 11 is 11.9. The number of halogens is 2. The van der Waals surface area contributed by atoms with Gasteiger partial charge in [-0.1, -0.05) is 63.6 Å². The molecular formula is C50H60ClFN8O7S. The average molecular weight is 972 g/mol. The van der Waals surface area contributed by atoms with Crippen LogP contribution in [0.15, 0.2) is 72.9 Å². The van der Waals surface area contributed by atoms with Crippen molar-refractivity contribution in [3.63, 3.8) is 0 Å². The van der Waals surface area contributed by atoms with E-state index in [4.69, 9.17) is 38.0 Å². The molecule has 362 valence electrons. The number of carbonyl (C=O) groups is 4. The molecule has 6 rings (SSSR count). The number of rotatable bonds is 20. The number of ether oxygens (including phenoxy) is 3. The molecule has 0 saturated carbocycles. The van der Waals surface area contributed by atoms with Crippen LogP contribution in [-0.2, 0) is 42.2 Å². The largest absolute Gasteiger partial charge is 0.491 e. The maximum absolute atomic E-state index is 15.3. The highest BCUT2D eigenvalue weighted by atomic mass is 35.5. The van der Waals surface area contributed by atoms with Gasteiger partial charge in [-0.15, -0.1) is 0 Å². The SMILES string of the molecule is C[C@@H]1C[C@@H](C(=O)NCc2ccc(-c3ccnn3C)cc2)N(C(=O)[C@@H](NC(=O)COCCCOCCCCOc2ccc(N3C(=S)N(c4ccc(C#N)c(Cl)c4)C(=O)C3(C)C)cc2F)C(C)(C)C)C1. The van der Waals surface area contributed by atoms with Gasteiger partial charge in [0, 0.05) is 57.9 Å². The van der Waals surface area contributed by atoms with E-state index >= 15 is 4.39 Å². The van der Waals surface area contributed by atoms with Gasteiger partial charge in [-0.25, -0.2) is 4.39 Å². The van der Waals surface area contributed by atoms with E-state index in [1.54, 1.807) is 46.7 Å². The zero-order chi connectivity index (χ0) is 49.3. The Bertz CT molecular complexity index is 2520. The summed E-state index contributed by atoms with van der Waals surface area (Å²) in [6.45, 7) is 12.9. The van der Waals surface area contributed by atoms with Crippen LogP contribution < -0.4 is 25.2 Å². The lowest BCUT2D eigenvalue weighted by Crippen LogP contribution is -2.58. The number of nitriles is 1. The Hall–Kier alpha value is -5.93. The Balaban J connectivity index is 0.868. The average Bonchev–Trinajstić information content (AvgIpc) is 3.96. The van der Waals surface area contributed by atoms with Crippen molar-refractivity contribution in [2.45, 2.75) is 91.4 Å². The molecule has 3 heterocycles. The first kappa shape index (κ1) is 51.5. The van der Waals surface area contributed by atoms with E-state index in [0.717, 1.165) is 16.8 Å². The summed E-state index contributed by atoms with van der Waals surface area (Å²) in [5, 5.41) is 19.7. The van der Waals surface area contributed by atoms with E-state index in [2.05, 4.69) is 15.7 Å². The fourth-order valence-electron chi connectivity index (χ4n) is 8.27. The fourth-order valence-corrected chi connectivity index (χ4v) is 9.01. The van der Waals surface area contributed by atoms with Crippen molar-refractivity contribution < 1.29 is 37.8 Å². The second-order valence-electron chi connectivity index (χ2n) is 18.8. The standard InChI is InChI=1S/C50H60ClFN8O7S/c1-32-25-41(45(62)54-29-33-11-13-34(14-12-33)40-19-20-55-57(40)7)58(30-32)46(63)44(49(2,3)4)56-43(61)31-66-23-10-22-65-21-8-9-24-67-42-18-17-37(27-39(42)52)60-48(68)59(47(64)50(60,5)6)36-16-15-35(28-53)38(51)26-36/h11-20,26-27,32,41,44H,8-10,21-25,29-31H2,1-7H3,(H,54,62)(H,56,61)/t32-,41+,44-/m1/s1. The summed E-state index contributed by atoms with van der Waals surface area (Å²) in [5.74, 6) is -1.72. The van der Waals surface area contributed by atoms with Crippen molar-refractivity contribution >= 4 is 63.9 Å². The van der Waals surface area contributed by atoms with Gasteiger partial charge in [0.15, 0.2) is 16.7 Å². The zero-order valence-electron chi connectivity index (χ0n) is 39.6.